The maximum atomic E-state index is 12.6. The molecule has 0 aliphatic carbocycles. The average Bonchev–Trinajstić information content (AvgIpc) is 3.22. The van der Waals surface area contributed by atoms with Crippen molar-refractivity contribution in [1.29, 1.82) is 0 Å². The number of piperidine rings is 1. The summed E-state index contributed by atoms with van der Waals surface area (Å²) in [5.74, 6) is 0.170. The van der Waals surface area contributed by atoms with Crippen LogP contribution < -0.4 is 5.32 Å². The fourth-order valence-electron chi connectivity index (χ4n) is 3.81. The highest BCUT2D eigenvalue weighted by atomic mass is 16.2. The molecule has 1 aromatic heterocycles. The summed E-state index contributed by atoms with van der Waals surface area (Å²) < 4.78 is 0. The van der Waals surface area contributed by atoms with E-state index < -0.39 is 0 Å². The van der Waals surface area contributed by atoms with E-state index in [4.69, 9.17) is 0 Å². The molecule has 2 aromatic rings. The third-order valence-corrected chi connectivity index (χ3v) is 5.16. The Hall–Kier alpha value is -2.50. The normalized spacial score (nSPS) is 19.1. The number of urea groups is 1. The number of benzene rings is 1. The van der Waals surface area contributed by atoms with Gasteiger partial charge in [0.15, 0.2) is 0 Å². The Labute approximate surface area is 140 Å². The molecule has 2 fully saturated rings. The molecule has 0 spiro atoms. The number of para-hydroxylation sites is 1. The zero-order valence-corrected chi connectivity index (χ0v) is 13.6. The van der Waals surface area contributed by atoms with E-state index in [2.05, 4.69) is 10.3 Å². The Balaban J connectivity index is 1.37. The number of aromatic nitrogens is 1. The summed E-state index contributed by atoms with van der Waals surface area (Å²) in [6.45, 7) is 2.98. The van der Waals surface area contributed by atoms with E-state index in [1.807, 2.05) is 40.3 Å². The van der Waals surface area contributed by atoms with Gasteiger partial charge in [0.2, 0.25) is 5.91 Å². The molecule has 2 N–H and O–H groups in total. The number of likely N-dealkylation sites (tertiary alicyclic amines) is 1. The third-order valence-electron chi connectivity index (χ3n) is 5.16. The number of H-pyrrole nitrogens is 1. The Morgan fingerprint density at radius 3 is 2.71 bits per heavy atom. The maximum absolute atomic E-state index is 12.6. The number of fused-ring (bicyclic) bond motifs is 1. The summed E-state index contributed by atoms with van der Waals surface area (Å²) in [7, 11) is 0. The molecule has 0 unspecified atom stereocenters. The first kappa shape index (κ1) is 15.1. The van der Waals surface area contributed by atoms with Crippen molar-refractivity contribution in [3.8, 4) is 0 Å². The van der Waals surface area contributed by atoms with Crippen LogP contribution in [0.2, 0.25) is 0 Å². The molecule has 6 nitrogen and oxygen atoms in total. The minimum atomic E-state index is 0.0403. The predicted octanol–water partition coefficient (Wildman–Crippen LogP) is 1.73. The number of nitrogens with one attached hydrogen (secondary N) is 2. The molecule has 6 heteroatoms. The number of hydrogen-bond donors (Lipinski definition) is 2. The highest BCUT2D eigenvalue weighted by Crippen LogP contribution is 2.21. The predicted molar refractivity (Wildman–Crippen MR) is 91.7 cm³/mol. The van der Waals surface area contributed by atoms with E-state index in [1.165, 1.54) is 0 Å². The van der Waals surface area contributed by atoms with Gasteiger partial charge in [0.1, 0.15) is 0 Å². The van der Waals surface area contributed by atoms with Gasteiger partial charge in [0, 0.05) is 49.3 Å². The second-order valence-electron chi connectivity index (χ2n) is 6.57. The molecular weight excluding hydrogens is 304 g/mol. The number of carbonyl (C=O) groups is 2. The van der Waals surface area contributed by atoms with Crippen molar-refractivity contribution in [3.63, 3.8) is 0 Å². The van der Waals surface area contributed by atoms with Gasteiger partial charge in [-0.15, -0.1) is 0 Å². The molecule has 126 valence electrons. The van der Waals surface area contributed by atoms with Crippen molar-refractivity contribution in [2.75, 3.05) is 26.2 Å². The van der Waals surface area contributed by atoms with Gasteiger partial charge in [-0.1, -0.05) is 18.2 Å². The minimum absolute atomic E-state index is 0.0403. The van der Waals surface area contributed by atoms with Crippen LogP contribution in [-0.2, 0) is 11.2 Å². The van der Waals surface area contributed by atoms with Gasteiger partial charge in [-0.2, -0.15) is 0 Å². The van der Waals surface area contributed by atoms with Crippen LogP contribution in [-0.4, -0.2) is 58.9 Å². The minimum Gasteiger partial charge on any atom is -0.361 e. The zero-order chi connectivity index (χ0) is 16.5. The summed E-state index contributed by atoms with van der Waals surface area (Å²) in [5, 5.41) is 3.97. The van der Waals surface area contributed by atoms with Crippen LogP contribution in [0.25, 0.3) is 10.9 Å². The molecule has 1 aromatic carbocycles. The monoisotopic (exact) mass is 326 g/mol. The molecule has 0 radical (unpaired) electrons. The van der Waals surface area contributed by atoms with E-state index in [9.17, 15) is 9.59 Å². The lowest BCUT2D eigenvalue weighted by molar-refractivity contribution is -0.131. The van der Waals surface area contributed by atoms with Gasteiger partial charge in [0.05, 0.1) is 6.42 Å². The fraction of sp³-hybridized carbons (Fsp3) is 0.444. The Kier molecular flexibility index (Phi) is 3.88. The number of amides is 3. The average molecular weight is 326 g/mol. The standard InChI is InChI=1S/C18H22N4O2/c23-17(11-13-12-20-16-4-2-1-3-15(13)16)21-8-5-14(6-9-21)22-10-7-19-18(22)24/h1-4,12,14,20H,5-11H2,(H,19,24). The van der Waals surface area contributed by atoms with Crippen LogP contribution in [0.4, 0.5) is 4.79 Å². The number of hydrogen-bond acceptors (Lipinski definition) is 2. The molecule has 2 aliphatic heterocycles. The van der Waals surface area contributed by atoms with Crippen LogP contribution in [0.1, 0.15) is 18.4 Å². The maximum Gasteiger partial charge on any atom is 0.317 e. The molecule has 24 heavy (non-hydrogen) atoms. The van der Waals surface area contributed by atoms with Crippen molar-refractivity contribution in [2.45, 2.75) is 25.3 Å². The Morgan fingerprint density at radius 2 is 1.96 bits per heavy atom. The first-order valence-electron chi connectivity index (χ1n) is 8.59. The summed E-state index contributed by atoms with van der Waals surface area (Å²) in [6, 6.07) is 8.37. The third kappa shape index (κ3) is 2.72. The van der Waals surface area contributed by atoms with Gasteiger partial charge in [-0.3, -0.25) is 4.79 Å². The lowest BCUT2D eigenvalue weighted by Crippen LogP contribution is -2.48. The van der Waals surface area contributed by atoms with Crippen molar-refractivity contribution in [1.82, 2.24) is 20.1 Å². The lowest BCUT2D eigenvalue weighted by atomic mass is 10.0. The molecule has 4 rings (SSSR count). The first-order valence-corrected chi connectivity index (χ1v) is 8.59. The number of rotatable bonds is 3. The summed E-state index contributed by atoms with van der Waals surface area (Å²) in [6.07, 6.45) is 4.10. The van der Waals surface area contributed by atoms with Crippen LogP contribution in [0.5, 0.6) is 0 Å². The van der Waals surface area contributed by atoms with Gasteiger partial charge >= 0.3 is 6.03 Å². The van der Waals surface area contributed by atoms with Crippen LogP contribution in [0.15, 0.2) is 30.5 Å². The fourth-order valence-corrected chi connectivity index (χ4v) is 3.81. The molecule has 0 atom stereocenters. The second-order valence-corrected chi connectivity index (χ2v) is 6.57. The Bertz CT molecular complexity index is 761. The van der Waals surface area contributed by atoms with Crippen LogP contribution >= 0.6 is 0 Å². The summed E-state index contributed by atoms with van der Waals surface area (Å²) >= 11 is 0. The van der Waals surface area contributed by atoms with Crippen LogP contribution in [0, 0.1) is 0 Å². The molecule has 0 bridgehead atoms. The van der Waals surface area contributed by atoms with Gasteiger partial charge in [-0.05, 0) is 24.5 Å². The van der Waals surface area contributed by atoms with E-state index >= 15 is 0 Å². The van der Waals surface area contributed by atoms with Crippen molar-refractivity contribution < 1.29 is 9.59 Å². The lowest BCUT2D eigenvalue weighted by Gasteiger charge is -2.36. The topological polar surface area (TPSA) is 68.4 Å². The van der Waals surface area contributed by atoms with Gasteiger partial charge < -0.3 is 20.1 Å². The molecule has 0 saturated carbocycles. The second kappa shape index (κ2) is 6.19. The van der Waals surface area contributed by atoms with E-state index in [0.717, 1.165) is 55.5 Å². The summed E-state index contributed by atoms with van der Waals surface area (Å²) in [4.78, 5) is 31.5. The molecule has 2 aliphatic rings. The van der Waals surface area contributed by atoms with Gasteiger partial charge in [0.25, 0.3) is 0 Å². The van der Waals surface area contributed by atoms with E-state index in [0.29, 0.717) is 6.42 Å². The largest absolute Gasteiger partial charge is 0.361 e. The SMILES string of the molecule is O=C(Cc1c[nH]c2ccccc12)N1CCC(N2CCNC2=O)CC1. The first-order chi connectivity index (χ1) is 11.7. The van der Waals surface area contributed by atoms with E-state index in [1.54, 1.807) is 0 Å². The molecule has 3 amide bonds. The van der Waals surface area contributed by atoms with Gasteiger partial charge in [-0.25, -0.2) is 4.79 Å². The molecular formula is C18H22N4O2. The zero-order valence-electron chi connectivity index (χ0n) is 13.6. The number of carbonyl (C=O) groups excluding carboxylic acids is 2. The molecule has 2 saturated heterocycles. The molecule has 3 heterocycles. The van der Waals surface area contributed by atoms with Crippen molar-refractivity contribution in [2.24, 2.45) is 0 Å². The Morgan fingerprint density at radius 1 is 1.17 bits per heavy atom. The van der Waals surface area contributed by atoms with Crippen LogP contribution in [0.3, 0.4) is 0 Å². The quantitative estimate of drug-likeness (QED) is 0.902. The van der Waals surface area contributed by atoms with Crippen molar-refractivity contribution in [3.05, 3.63) is 36.0 Å². The number of aromatic amines is 1. The summed E-state index contributed by atoms with van der Waals surface area (Å²) in [5.41, 5.74) is 2.12. The highest BCUT2D eigenvalue weighted by molar-refractivity contribution is 5.89. The smallest absolute Gasteiger partial charge is 0.317 e. The number of nitrogens with zero attached hydrogens (tertiary/aromatic N) is 2. The van der Waals surface area contributed by atoms with E-state index in [-0.39, 0.29) is 18.0 Å². The highest BCUT2D eigenvalue weighted by Gasteiger charge is 2.31. The van der Waals surface area contributed by atoms with Crippen molar-refractivity contribution >= 4 is 22.8 Å².